The van der Waals surface area contributed by atoms with Crippen LogP contribution in [0, 0.1) is 0 Å². The van der Waals surface area contributed by atoms with E-state index in [2.05, 4.69) is 0 Å². The number of fused-ring (bicyclic) bond motifs is 1. The molecule has 4 rings (SSSR count). The highest BCUT2D eigenvalue weighted by atomic mass is 16.5. The Balaban J connectivity index is 1.57. The van der Waals surface area contributed by atoms with Crippen molar-refractivity contribution >= 4 is 11.9 Å². The van der Waals surface area contributed by atoms with Crippen LogP contribution in [-0.2, 0) is 29.0 Å². The molecule has 1 aliphatic heterocycles. The summed E-state index contributed by atoms with van der Waals surface area (Å²) in [5.74, 6) is 0.543. The second-order valence-electron chi connectivity index (χ2n) is 6.11. The molecule has 2 aromatic heterocycles. The molecule has 0 fully saturated rings. The van der Waals surface area contributed by atoms with Gasteiger partial charge in [0.15, 0.2) is 6.10 Å². The minimum atomic E-state index is -0.859. The number of furan rings is 2. The van der Waals surface area contributed by atoms with Crippen molar-refractivity contribution in [3.63, 3.8) is 0 Å². The van der Waals surface area contributed by atoms with Crippen LogP contribution < -0.4 is 0 Å². The summed E-state index contributed by atoms with van der Waals surface area (Å²) in [7, 11) is 0. The largest absolute Gasteiger partial charge is 0.467 e. The van der Waals surface area contributed by atoms with E-state index in [1.807, 2.05) is 12.1 Å². The Hall–Kier alpha value is -3.28. The molecular weight excluding hydrogens is 334 g/mol. The first kappa shape index (κ1) is 16.2. The second-order valence-corrected chi connectivity index (χ2v) is 6.11. The molecule has 1 amide bonds. The van der Waals surface area contributed by atoms with Gasteiger partial charge in [0.05, 0.1) is 31.2 Å². The molecule has 3 heterocycles. The van der Waals surface area contributed by atoms with Crippen LogP contribution in [0.1, 0.15) is 27.4 Å². The van der Waals surface area contributed by atoms with Crippen molar-refractivity contribution in [3.05, 3.63) is 83.7 Å². The summed E-state index contributed by atoms with van der Waals surface area (Å²) in [5.41, 5.74) is 1.33. The van der Waals surface area contributed by atoms with Crippen LogP contribution in [0.3, 0.4) is 0 Å². The van der Waals surface area contributed by atoms with Crippen LogP contribution in [0.25, 0.3) is 0 Å². The minimum absolute atomic E-state index is 0.266. The van der Waals surface area contributed by atoms with Crippen molar-refractivity contribution < 1.29 is 23.2 Å². The predicted molar refractivity (Wildman–Crippen MR) is 91.0 cm³/mol. The lowest BCUT2D eigenvalue weighted by Gasteiger charge is -2.29. The van der Waals surface area contributed by atoms with E-state index in [-0.39, 0.29) is 19.0 Å². The second kappa shape index (κ2) is 6.92. The topological polar surface area (TPSA) is 72.9 Å². The summed E-state index contributed by atoms with van der Waals surface area (Å²) in [6, 6.07) is 14.3. The molecule has 0 N–H and O–H groups in total. The number of nitrogens with zero attached hydrogens (tertiary/aromatic N) is 1. The smallest absolute Gasteiger partial charge is 0.339 e. The van der Waals surface area contributed by atoms with Gasteiger partial charge < -0.3 is 18.5 Å². The molecule has 1 aromatic carbocycles. The Bertz CT molecular complexity index is 862. The summed E-state index contributed by atoms with van der Waals surface area (Å²) in [5, 5.41) is 0. The normalized spacial score (nSPS) is 16.0. The molecule has 6 nitrogen and oxygen atoms in total. The highest BCUT2D eigenvalue weighted by Gasteiger charge is 2.34. The zero-order valence-electron chi connectivity index (χ0n) is 14.0. The zero-order valence-corrected chi connectivity index (χ0v) is 14.0. The van der Waals surface area contributed by atoms with Crippen LogP contribution in [-0.4, -0.2) is 22.9 Å². The number of amides is 1. The van der Waals surface area contributed by atoms with E-state index in [1.165, 1.54) is 0 Å². The molecule has 0 saturated carbocycles. The Morgan fingerprint density at radius 3 is 2.23 bits per heavy atom. The van der Waals surface area contributed by atoms with Gasteiger partial charge in [-0.15, -0.1) is 0 Å². The number of hydrogen-bond donors (Lipinski definition) is 0. The number of carbonyl (C=O) groups is 2. The lowest BCUT2D eigenvalue weighted by Crippen LogP contribution is -2.43. The fourth-order valence-electron chi connectivity index (χ4n) is 3.07. The van der Waals surface area contributed by atoms with Crippen molar-refractivity contribution in [1.82, 2.24) is 4.90 Å². The quantitative estimate of drug-likeness (QED) is 0.660. The number of benzene rings is 1. The van der Waals surface area contributed by atoms with Crippen molar-refractivity contribution in [2.45, 2.75) is 25.6 Å². The van der Waals surface area contributed by atoms with E-state index in [0.29, 0.717) is 23.5 Å². The fourth-order valence-corrected chi connectivity index (χ4v) is 3.07. The van der Waals surface area contributed by atoms with Crippen LogP contribution >= 0.6 is 0 Å². The summed E-state index contributed by atoms with van der Waals surface area (Å²) >= 11 is 0. The molecule has 3 aromatic rings. The molecule has 6 heteroatoms. The average molecular weight is 351 g/mol. The van der Waals surface area contributed by atoms with Crippen LogP contribution in [0.2, 0.25) is 0 Å². The van der Waals surface area contributed by atoms with Gasteiger partial charge in [-0.1, -0.05) is 18.2 Å². The first-order valence-corrected chi connectivity index (χ1v) is 8.33. The van der Waals surface area contributed by atoms with Gasteiger partial charge in [-0.2, -0.15) is 0 Å². The molecule has 1 atom stereocenters. The van der Waals surface area contributed by atoms with E-state index in [9.17, 15) is 9.59 Å². The van der Waals surface area contributed by atoms with Gasteiger partial charge in [-0.25, -0.2) is 4.79 Å². The highest BCUT2D eigenvalue weighted by Crippen LogP contribution is 2.23. The van der Waals surface area contributed by atoms with E-state index >= 15 is 0 Å². The lowest BCUT2D eigenvalue weighted by molar-refractivity contribution is -0.143. The summed E-state index contributed by atoms with van der Waals surface area (Å²) in [6.45, 7) is 0.532. The molecule has 0 aliphatic carbocycles. The number of ether oxygens (including phenoxy) is 1. The van der Waals surface area contributed by atoms with Crippen molar-refractivity contribution in [2.75, 3.05) is 0 Å². The standard InChI is InChI=1S/C20H17NO5/c22-19(18-11-14-5-1-2-8-17(14)20(23)26-18)21(12-15-6-3-9-24-15)13-16-7-4-10-25-16/h1-10,18H,11-13H2. The van der Waals surface area contributed by atoms with Gasteiger partial charge in [-0.3, -0.25) is 4.79 Å². The minimum Gasteiger partial charge on any atom is -0.467 e. The molecule has 1 unspecified atom stereocenters. The Kier molecular flexibility index (Phi) is 4.31. The Morgan fingerprint density at radius 2 is 1.62 bits per heavy atom. The van der Waals surface area contributed by atoms with Gasteiger partial charge in [0.25, 0.3) is 5.91 Å². The number of rotatable bonds is 5. The molecule has 1 aliphatic rings. The number of carbonyl (C=O) groups excluding carboxylic acids is 2. The molecular formula is C20H17NO5. The molecule has 0 saturated heterocycles. The third kappa shape index (κ3) is 3.26. The van der Waals surface area contributed by atoms with E-state index in [4.69, 9.17) is 13.6 Å². The number of esters is 1. The number of hydrogen-bond acceptors (Lipinski definition) is 5. The highest BCUT2D eigenvalue weighted by molar-refractivity contribution is 5.95. The number of cyclic esters (lactones) is 1. The van der Waals surface area contributed by atoms with Crippen molar-refractivity contribution in [2.24, 2.45) is 0 Å². The average Bonchev–Trinajstić information content (AvgIpc) is 3.34. The molecule has 26 heavy (non-hydrogen) atoms. The zero-order chi connectivity index (χ0) is 17.9. The maximum atomic E-state index is 13.1. The molecule has 0 bridgehead atoms. The molecule has 0 radical (unpaired) electrons. The van der Waals surface area contributed by atoms with Gasteiger partial charge in [-0.05, 0) is 35.9 Å². The fraction of sp³-hybridized carbons (Fsp3) is 0.200. The van der Waals surface area contributed by atoms with Gasteiger partial charge in [0, 0.05) is 6.42 Å². The van der Waals surface area contributed by atoms with Gasteiger partial charge >= 0.3 is 5.97 Å². The SMILES string of the molecule is O=C1OC(C(=O)N(Cc2ccco2)Cc2ccco2)Cc2ccccc21. The van der Waals surface area contributed by atoms with E-state index < -0.39 is 12.1 Å². The third-order valence-corrected chi connectivity index (χ3v) is 4.33. The Labute approximate surface area is 150 Å². The van der Waals surface area contributed by atoms with Gasteiger partial charge in [0.2, 0.25) is 0 Å². The predicted octanol–water partition coefficient (Wildman–Crippen LogP) is 3.18. The van der Waals surface area contributed by atoms with Crippen molar-refractivity contribution in [3.8, 4) is 0 Å². The van der Waals surface area contributed by atoms with Crippen LogP contribution in [0.4, 0.5) is 0 Å². The van der Waals surface area contributed by atoms with Crippen LogP contribution in [0.5, 0.6) is 0 Å². The first-order valence-electron chi connectivity index (χ1n) is 8.33. The van der Waals surface area contributed by atoms with E-state index in [1.54, 1.807) is 53.8 Å². The summed E-state index contributed by atoms with van der Waals surface area (Å²) < 4.78 is 16.1. The summed E-state index contributed by atoms with van der Waals surface area (Å²) in [4.78, 5) is 26.9. The summed E-state index contributed by atoms with van der Waals surface area (Å²) in [6.07, 6.45) is 2.61. The molecule has 132 valence electrons. The first-order chi connectivity index (χ1) is 12.7. The van der Waals surface area contributed by atoms with Crippen molar-refractivity contribution in [1.29, 1.82) is 0 Å². The van der Waals surface area contributed by atoms with E-state index in [0.717, 1.165) is 5.56 Å². The maximum absolute atomic E-state index is 13.1. The maximum Gasteiger partial charge on any atom is 0.339 e. The molecule has 0 spiro atoms. The van der Waals surface area contributed by atoms with Crippen LogP contribution in [0.15, 0.2) is 69.9 Å². The van der Waals surface area contributed by atoms with Gasteiger partial charge in [0.1, 0.15) is 11.5 Å². The lowest BCUT2D eigenvalue weighted by atomic mass is 9.98. The monoisotopic (exact) mass is 351 g/mol. The Morgan fingerprint density at radius 1 is 0.962 bits per heavy atom. The third-order valence-electron chi connectivity index (χ3n) is 4.33.